The second-order valence-corrected chi connectivity index (χ2v) is 7.86. The largest absolute Gasteiger partial charge is 0.504 e. The van der Waals surface area contributed by atoms with Gasteiger partial charge in [0, 0.05) is 11.1 Å². The molecular formula is C29H24O6. The second-order valence-electron chi connectivity index (χ2n) is 7.86. The Kier molecular flexibility index (Phi) is 6.83. The molecule has 0 radical (unpaired) electrons. The lowest BCUT2D eigenvalue weighted by Gasteiger charge is -2.14. The standard InChI is InChI=1S/C29H24O6/c1-34-24-15-7-13-22(28(24)32)26(30)20-11-5-3-9-18(20)17-19-10-4-6-12-21(19)27(31)23-14-8-16-25(35-2)29(23)33/h3-16,32-33H,17H2,1-2H3. The number of carbonyl (C=O) groups excluding carboxylic acids is 2. The van der Waals surface area contributed by atoms with Crippen LogP contribution in [-0.2, 0) is 6.42 Å². The molecule has 4 aromatic carbocycles. The summed E-state index contributed by atoms with van der Waals surface area (Å²) < 4.78 is 10.3. The number of methoxy groups -OCH3 is 2. The minimum absolute atomic E-state index is 0.127. The number of aromatic hydroxyl groups is 2. The lowest BCUT2D eigenvalue weighted by molar-refractivity contribution is 0.102. The summed E-state index contributed by atoms with van der Waals surface area (Å²) in [5, 5.41) is 21.0. The third-order valence-corrected chi connectivity index (χ3v) is 5.83. The molecule has 0 fully saturated rings. The van der Waals surface area contributed by atoms with Gasteiger partial charge < -0.3 is 19.7 Å². The topological polar surface area (TPSA) is 93.1 Å². The lowest BCUT2D eigenvalue weighted by Crippen LogP contribution is -2.10. The highest BCUT2D eigenvalue weighted by molar-refractivity contribution is 6.13. The third-order valence-electron chi connectivity index (χ3n) is 5.83. The highest BCUT2D eigenvalue weighted by atomic mass is 16.5. The predicted molar refractivity (Wildman–Crippen MR) is 132 cm³/mol. The van der Waals surface area contributed by atoms with Crippen LogP contribution in [0.1, 0.15) is 43.0 Å². The van der Waals surface area contributed by atoms with Gasteiger partial charge in [-0.15, -0.1) is 0 Å². The smallest absolute Gasteiger partial charge is 0.197 e. The van der Waals surface area contributed by atoms with Gasteiger partial charge in [0.15, 0.2) is 34.6 Å². The van der Waals surface area contributed by atoms with Crippen LogP contribution in [0.5, 0.6) is 23.0 Å². The Morgan fingerprint density at radius 1 is 0.571 bits per heavy atom. The maximum atomic E-state index is 13.4. The van der Waals surface area contributed by atoms with Crippen LogP contribution in [0.3, 0.4) is 0 Å². The fourth-order valence-electron chi connectivity index (χ4n) is 4.03. The molecule has 6 heteroatoms. The number of rotatable bonds is 8. The normalized spacial score (nSPS) is 10.6. The summed E-state index contributed by atoms with van der Waals surface area (Å²) >= 11 is 0. The van der Waals surface area contributed by atoms with Gasteiger partial charge in [0.25, 0.3) is 0 Å². The fraction of sp³-hybridized carbons (Fsp3) is 0.103. The van der Waals surface area contributed by atoms with Crippen molar-refractivity contribution in [2.75, 3.05) is 14.2 Å². The first kappa shape index (κ1) is 23.6. The molecule has 35 heavy (non-hydrogen) atoms. The summed E-state index contributed by atoms with van der Waals surface area (Å²) in [6.07, 6.45) is 0.291. The van der Waals surface area contributed by atoms with Crippen LogP contribution in [0.25, 0.3) is 0 Å². The van der Waals surface area contributed by atoms with Crippen molar-refractivity contribution in [2.24, 2.45) is 0 Å². The van der Waals surface area contributed by atoms with E-state index in [0.29, 0.717) is 28.7 Å². The zero-order valence-electron chi connectivity index (χ0n) is 19.3. The Hall–Kier alpha value is -4.58. The number of hydrogen-bond acceptors (Lipinski definition) is 6. The Bertz CT molecular complexity index is 1300. The second kappa shape index (κ2) is 10.1. The zero-order chi connectivity index (χ0) is 24.9. The van der Waals surface area contributed by atoms with Gasteiger partial charge in [-0.3, -0.25) is 9.59 Å². The van der Waals surface area contributed by atoms with Crippen molar-refractivity contribution in [3.63, 3.8) is 0 Å². The summed E-state index contributed by atoms with van der Waals surface area (Å²) in [7, 11) is 2.84. The maximum Gasteiger partial charge on any atom is 0.197 e. The molecule has 0 spiro atoms. The molecule has 0 unspecified atom stereocenters. The molecule has 6 nitrogen and oxygen atoms in total. The molecule has 0 heterocycles. The first-order valence-electron chi connectivity index (χ1n) is 10.9. The highest BCUT2D eigenvalue weighted by Crippen LogP contribution is 2.33. The van der Waals surface area contributed by atoms with Gasteiger partial charge in [-0.05, 0) is 41.8 Å². The van der Waals surface area contributed by atoms with Gasteiger partial charge in [-0.2, -0.15) is 0 Å². The van der Waals surface area contributed by atoms with Gasteiger partial charge in [-0.1, -0.05) is 60.7 Å². The van der Waals surface area contributed by atoms with Crippen LogP contribution < -0.4 is 9.47 Å². The molecule has 0 saturated carbocycles. The van der Waals surface area contributed by atoms with E-state index < -0.39 is 0 Å². The van der Waals surface area contributed by atoms with Crippen LogP contribution in [0.2, 0.25) is 0 Å². The van der Waals surface area contributed by atoms with E-state index in [0.717, 1.165) is 0 Å². The van der Waals surface area contributed by atoms with E-state index in [1.54, 1.807) is 60.7 Å². The number of hydrogen-bond donors (Lipinski definition) is 2. The van der Waals surface area contributed by atoms with E-state index in [1.807, 2.05) is 24.3 Å². The number of phenols is 2. The maximum absolute atomic E-state index is 13.4. The average Bonchev–Trinajstić information content (AvgIpc) is 2.89. The van der Waals surface area contributed by atoms with Gasteiger partial charge in [0.2, 0.25) is 0 Å². The van der Waals surface area contributed by atoms with E-state index in [4.69, 9.17) is 9.47 Å². The van der Waals surface area contributed by atoms with Crippen LogP contribution in [-0.4, -0.2) is 36.0 Å². The monoisotopic (exact) mass is 468 g/mol. The van der Waals surface area contributed by atoms with E-state index in [-0.39, 0.29) is 45.7 Å². The van der Waals surface area contributed by atoms with Crippen molar-refractivity contribution in [2.45, 2.75) is 6.42 Å². The number of benzene rings is 4. The van der Waals surface area contributed by atoms with Crippen molar-refractivity contribution in [1.82, 2.24) is 0 Å². The van der Waals surface area contributed by atoms with Crippen molar-refractivity contribution in [3.05, 3.63) is 118 Å². The number of para-hydroxylation sites is 2. The average molecular weight is 469 g/mol. The number of ketones is 2. The molecule has 0 aliphatic rings. The Morgan fingerprint density at radius 2 is 0.943 bits per heavy atom. The van der Waals surface area contributed by atoms with E-state index in [9.17, 15) is 19.8 Å². The molecule has 0 aromatic heterocycles. The summed E-state index contributed by atoms with van der Waals surface area (Å²) in [4.78, 5) is 26.7. The first-order chi connectivity index (χ1) is 17.0. The zero-order valence-corrected chi connectivity index (χ0v) is 19.3. The lowest BCUT2D eigenvalue weighted by atomic mass is 9.90. The Morgan fingerprint density at radius 3 is 1.34 bits per heavy atom. The molecule has 0 aliphatic carbocycles. The summed E-state index contributed by atoms with van der Waals surface area (Å²) in [5.74, 6) is -0.736. The van der Waals surface area contributed by atoms with E-state index >= 15 is 0 Å². The predicted octanol–water partition coefficient (Wildman–Crippen LogP) is 5.17. The SMILES string of the molecule is COc1cccc(C(=O)c2ccccc2Cc2ccccc2C(=O)c2cccc(OC)c2O)c1O. The number of ether oxygens (including phenoxy) is 2. The molecule has 4 aromatic rings. The summed E-state index contributed by atoms with van der Waals surface area (Å²) in [6.45, 7) is 0. The molecular weight excluding hydrogens is 444 g/mol. The highest BCUT2D eigenvalue weighted by Gasteiger charge is 2.22. The van der Waals surface area contributed by atoms with E-state index in [2.05, 4.69) is 0 Å². The van der Waals surface area contributed by atoms with Crippen molar-refractivity contribution in [1.29, 1.82) is 0 Å². The molecule has 0 amide bonds. The molecule has 0 aliphatic heterocycles. The summed E-state index contributed by atoms with van der Waals surface area (Å²) in [6, 6.07) is 23.7. The van der Waals surface area contributed by atoms with E-state index in [1.165, 1.54) is 14.2 Å². The van der Waals surface area contributed by atoms with Crippen molar-refractivity contribution >= 4 is 11.6 Å². The number of carbonyl (C=O) groups is 2. The van der Waals surface area contributed by atoms with Crippen LogP contribution in [0.15, 0.2) is 84.9 Å². The van der Waals surface area contributed by atoms with Crippen molar-refractivity contribution < 1.29 is 29.3 Å². The molecule has 2 N–H and O–H groups in total. The van der Waals surface area contributed by atoms with Gasteiger partial charge in [-0.25, -0.2) is 0 Å². The first-order valence-corrected chi connectivity index (χ1v) is 10.9. The molecule has 176 valence electrons. The minimum Gasteiger partial charge on any atom is -0.504 e. The Balaban J connectivity index is 1.73. The molecule has 0 saturated heterocycles. The van der Waals surface area contributed by atoms with Crippen LogP contribution >= 0.6 is 0 Å². The Labute approximate surface area is 203 Å². The quantitative estimate of drug-likeness (QED) is 0.347. The number of phenolic OH excluding ortho intramolecular Hbond substituents is 2. The van der Waals surface area contributed by atoms with Gasteiger partial charge >= 0.3 is 0 Å². The third kappa shape index (κ3) is 4.59. The van der Waals surface area contributed by atoms with Crippen LogP contribution in [0, 0.1) is 0 Å². The van der Waals surface area contributed by atoms with Gasteiger partial charge in [0.05, 0.1) is 25.3 Å². The molecule has 0 bridgehead atoms. The van der Waals surface area contributed by atoms with Gasteiger partial charge in [0.1, 0.15) is 0 Å². The van der Waals surface area contributed by atoms with Crippen LogP contribution in [0.4, 0.5) is 0 Å². The molecule has 4 rings (SSSR count). The molecule has 0 atom stereocenters. The van der Waals surface area contributed by atoms with Crippen molar-refractivity contribution in [3.8, 4) is 23.0 Å². The fourth-order valence-corrected chi connectivity index (χ4v) is 4.03. The minimum atomic E-state index is -0.355. The summed E-state index contributed by atoms with van der Waals surface area (Å²) in [5.41, 5.74) is 2.44.